The number of allylic oxidation sites excluding steroid dienone is 3. The standard InChI is InChI=1S/C9H10Cl2O2/c10-9(11)8(13)7-3-1-6(5-12)2-4-7/h1,3-4,6,9,12H,2,5H2. The molecule has 1 rings (SSSR count). The first-order chi connectivity index (χ1) is 6.15. The number of carbonyl (C=O) groups is 1. The van der Waals surface area contributed by atoms with Gasteiger partial charge in [0, 0.05) is 18.1 Å². The third-order valence-electron chi connectivity index (χ3n) is 1.91. The Kier molecular flexibility index (Phi) is 3.97. The van der Waals surface area contributed by atoms with Crippen LogP contribution in [0.15, 0.2) is 23.8 Å². The van der Waals surface area contributed by atoms with E-state index in [9.17, 15) is 4.79 Å². The molecular formula is C9H10Cl2O2. The summed E-state index contributed by atoms with van der Waals surface area (Å²) >= 11 is 10.8. The van der Waals surface area contributed by atoms with Crippen molar-refractivity contribution in [3.63, 3.8) is 0 Å². The molecule has 0 radical (unpaired) electrons. The summed E-state index contributed by atoms with van der Waals surface area (Å²) in [5.41, 5.74) is 0.528. The highest BCUT2D eigenvalue weighted by atomic mass is 35.5. The highest BCUT2D eigenvalue weighted by Gasteiger charge is 2.17. The maximum atomic E-state index is 11.2. The van der Waals surface area contributed by atoms with Crippen molar-refractivity contribution in [1.82, 2.24) is 0 Å². The Hall–Kier alpha value is -0.310. The highest BCUT2D eigenvalue weighted by molar-refractivity contribution is 6.55. The maximum Gasteiger partial charge on any atom is 0.195 e. The van der Waals surface area contributed by atoms with Crippen LogP contribution in [0, 0.1) is 5.92 Å². The summed E-state index contributed by atoms with van der Waals surface area (Å²) in [6, 6.07) is 0. The van der Waals surface area contributed by atoms with Crippen LogP contribution in [0.4, 0.5) is 0 Å². The van der Waals surface area contributed by atoms with E-state index >= 15 is 0 Å². The first-order valence-corrected chi connectivity index (χ1v) is 4.84. The number of hydrogen-bond acceptors (Lipinski definition) is 2. The van der Waals surface area contributed by atoms with Crippen LogP contribution in [-0.2, 0) is 4.79 Å². The number of rotatable bonds is 3. The lowest BCUT2D eigenvalue weighted by Crippen LogP contribution is -2.13. The Labute approximate surface area is 86.8 Å². The number of ketones is 1. The molecule has 0 aliphatic heterocycles. The Morgan fingerprint density at radius 1 is 1.69 bits per heavy atom. The van der Waals surface area contributed by atoms with E-state index < -0.39 is 4.84 Å². The maximum absolute atomic E-state index is 11.2. The fourth-order valence-corrected chi connectivity index (χ4v) is 1.36. The zero-order chi connectivity index (χ0) is 9.84. The highest BCUT2D eigenvalue weighted by Crippen LogP contribution is 2.19. The predicted octanol–water partition coefficient (Wildman–Crippen LogP) is 1.85. The molecule has 1 N–H and O–H groups in total. The zero-order valence-electron chi connectivity index (χ0n) is 6.91. The van der Waals surface area contributed by atoms with Gasteiger partial charge in [0.15, 0.2) is 10.6 Å². The van der Waals surface area contributed by atoms with E-state index in [1.54, 1.807) is 18.2 Å². The van der Waals surface area contributed by atoms with Crippen LogP contribution in [0.1, 0.15) is 6.42 Å². The van der Waals surface area contributed by atoms with Crippen LogP contribution in [-0.4, -0.2) is 22.3 Å². The molecule has 0 saturated carbocycles. The molecule has 1 aliphatic rings. The number of alkyl halides is 2. The topological polar surface area (TPSA) is 37.3 Å². The number of carbonyl (C=O) groups excluding carboxylic acids is 1. The number of Topliss-reactive ketones (excluding diaryl/α,β-unsaturated/α-hetero) is 1. The van der Waals surface area contributed by atoms with Crippen molar-refractivity contribution >= 4 is 29.0 Å². The fourth-order valence-electron chi connectivity index (χ4n) is 1.11. The van der Waals surface area contributed by atoms with Crippen LogP contribution >= 0.6 is 23.2 Å². The van der Waals surface area contributed by atoms with E-state index in [-0.39, 0.29) is 18.3 Å². The molecule has 1 unspecified atom stereocenters. The monoisotopic (exact) mass is 220 g/mol. The van der Waals surface area contributed by atoms with Crippen LogP contribution < -0.4 is 0 Å². The van der Waals surface area contributed by atoms with Gasteiger partial charge < -0.3 is 5.11 Å². The van der Waals surface area contributed by atoms with E-state index in [0.29, 0.717) is 12.0 Å². The molecule has 4 heteroatoms. The quantitative estimate of drug-likeness (QED) is 0.738. The second-order valence-corrected chi connectivity index (χ2v) is 3.96. The van der Waals surface area contributed by atoms with E-state index in [0.717, 1.165) is 0 Å². The number of hydrogen-bond donors (Lipinski definition) is 1. The molecule has 0 aromatic heterocycles. The van der Waals surface area contributed by atoms with Crippen molar-refractivity contribution in [2.75, 3.05) is 6.61 Å². The van der Waals surface area contributed by atoms with E-state index in [4.69, 9.17) is 28.3 Å². The lowest BCUT2D eigenvalue weighted by Gasteiger charge is -2.12. The molecule has 0 fully saturated rings. The molecule has 2 nitrogen and oxygen atoms in total. The summed E-state index contributed by atoms with van der Waals surface area (Å²) < 4.78 is 0. The van der Waals surface area contributed by atoms with Gasteiger partial charge in [-0.15, -0.1) is 0 Å². The van der Waals surface area contributed by atoms with E-state index in [2.05, 4.69) is 0 Å². The molecule has 0 aromatic carbocycles. The predicted molar refractivity (Wildman–Crippen MR) is 52.9 cm³/mol. The first-order valence-electron chi connectivity index (χ1n) is 3.96. The SMILES string of the molecule is O=C(C1=CCC(CO)C=C1)C(Cl)Cl. The van der Waals surface area contributed by atoms with Gasteiger partial charge in [-0.05, 0) is 6.42 Å². The van der Waals surface area contributed by atoms with Crippen LogP contribution in [0.5, 0.6) is 0 Å². The minimum Gasteiger partial charge on any atom is -0.396 e. The Balaban J connectivity index is 2.62. The number of halogens is 2. The fraction of sp³-hybridized carbons (Fsp3) is 0.444. The summed E-state index contributed by atoms with van der Waals surface area (Å²) in [5, 5.41) is 8.81. The van der Waals surface area contributed by atoms with Gasteiger partial charge in [0.05, 0.1) is 0 Å². The number of aliphatic hydroxyl groups excluding tert-OH is 1. The third kappa shape index (κ3) is 2.83. The molecule has 0 saturated heterocycles. The minimum absolute atomic E-state index is 0.0969. The average molecular weight is 221 g/mol. The molecule has 13 heavy (non-hydrogen) atoms. The molecule has 0 heterocycles. The van der Waals surface area contributed by atoms with Crippen LogP contribution in [0.3, 0.4) is 0 Å². The molecule has 1 atom stereocenters. The van der Waals surface area contributed by atoms with Gasteiger partial charge >= 0.3 is 0 Å². The average Bonchev–Trinajstić information content (AvgIpc) is 2.17. The summed E-state index contributed by atoms with van der Waals surface area (Å²) in [6.07, 6.45) is 5.86. The van der Waals surface area contributed by atoms with Gasteiger partial charge in [-0.3, -0.25) is 4.79 Å². The third-order valence-corrected chi connectivity index (χ3v) is 2.30. The largest absolute Gasteiger partial charge is 0.396 e. The first kappa shape index (κ1) is 10.8. The minimum atomic E-state index is -0.999. The lowest BCUT2D eigenvalue weighted by molar-refractivity contribution is -0.113. The molecule has 0 bridgehead atoms. The molecule has 0 spiro atoms. The Morgan fingerprint density at radius 2 is 2.38 bits per heavy atom. The zero-order valence-corrected chi connectivity index (χ0v) is 8.42. The summed E-state index contributed by atoms with van der Waals surface area (Å²) in [6.45, 7) is 0.0969. The van der Waals surface area contributed by atoms with Gasteiger partial charge in [0.1, 0.15) is 0 Å². The van der Waals surface area contributed by atoms with Crippen molar-refractivity contribution in [1.29, 1.82) is 0 Å². The van der Waals surface area contributed by atoms with E-state index in [1.807, 2.05) is 0 Å². The van der Waals surface area contributed by atoms with Crippen molar-refractivity contribution in [2.45, 2.75) is 11.3 Å². The second kappa shape index (κ2) is 4.80. The Morgan fingerprint density at radius 3 is 2.77 bits per heavy atom. The van der Waals surface area contributed by atoms with Gasteiger partial charge in [-0.25, -0.2) is 0 Å². The van der Waals surface area contributed by atoms with Crippen molar-refractivity contribution < 1.29 is 9.90 Å². The van der Waals surface area contributed by atoms with Gasteiger partial charge in [0.2, 0.25) is 0 Å². The van der Waals surface area contributed by atoms with Crippen molar-refractivity contribution in [2.24, 2.45) is 5.92 Å². The van der Waals surface area contributed by atoms with Crippen molar-refractivity contribution in [3.8, 4) is 0 Å². The van der Waals surface area contributed by atoms with Crippen LogP contribution in [0.2, 0.25) is 0 Å². The molecule has 0 amide bonds. The van der Waals surface area contributed by atoms with Gasteiger partial charge in [-0.2, -0.15) is 0 Å². The smallest absolute Gasteiger partial charge is 0.195 e. The number of aliphatic hydroxyl groups is 1. The van der Waals surface area contributed by atoms with Gasteiger partial charge in [-0.1, -0.05) is 41.4 Å². The lowest BCUT2D eigenvalue weighted by atomic mass is 9.96. The molecule has 0 aromatic rings. The summed E-state index contributed by atoms with van der Waals surface area (Å²) in [5.74, 6) is -0.170. The molecular weight excluding hydrogens is 211 g/mol. The molecule has 72 valence electrons. The normalized spacial score (nSPS) is 21.8. The van der Waals surface area contributed by atoms with Crippen LogP contribution in [0.25, 0.3) is 0 Å². The van der Waals surface area contributed by atoms with E-state index in [1.165, 1.54) is 0 Å². The summed E-state index contributed by atoms with van der Waals surface area (Å²) in [7, 11) is 0. The van der Waals surface area contributed by atoms with Gasteiger partial charge in [0.25, 0.3) is 0 Å². The van der Waals surface area contributed by atoms with Crippen molar-refractivity contribution in [3.05, 3.63) is 23.8 Å². The second-order valence-electron chi connectivity index (χ2n) is 2.86. The Bertz CT molecular complexity index is 256. The summed E-state index contributed by atoms with van der Waals surface area (Å²) in [4.78, 5) is 10.2. The molecule has 1 aliphatic carbocycles.